The van der Waals surface area contributed by atoms with Crippen LogP contribution < -0.4 is 4.90 Å². The summed E-state index contributed by atoms with van der Waals surface area (Å²) in [5.41, 5.74) is 1.06. The third-order valence-electron chi connectivity index (χ3n) is 4.89. The number of anilines is 1. The van der Waals surface area contributed by atoms with Crippen LogP contribution in [0.15, 0.2) is 18.2 Å². The third-order valence-corrected chi connectivity index (χ3v) is 5.21. The van der Waals surface area contributed by atoms with Gasteiger partial charge in [0.15, 0.2) is 0 Å². The number of amides is 2. The maximum Gasteiger partial charge on any atom is 0.310 e. The summed E-state index contributed by atoms with van der Waals surface area (Å²) in [6, 6.07) is 5.01. The van der Waals surface area contributed by atoms with Crippen LogP contribution in [0.1, 0.15) is 43.0 Å². The molecule has 2 fully saturated rings. The van der Waals surface area contributed by atoms with Crippen LogP contribution in [0.5, 0.6) is 0 Å². The Hall–Kier alpha value is -2.08. The summed E-state index contributed by atoms with van der Waals surface area (Å²) in [6.45, 7) is 3.70. The van der Waals surface area contributed by atoms with Crippen LogP contribution in [-0.2, 0) is 14.3 Å². The summed E-state index contributed by atoms with van der Waals surface area (Å²) in [4.78, 5) is 40.2. The molecule has 0 unspecified atom stereocenters. The summed E-state index contributed by atoms with van der Waals surface area (Å²) in [5.74, 6) is -0.649. The Balaban J connectivity index is 1.77. The molecular formula is C19H23ClN2O4. The number of piperidine rings is 1. The number of rotatable bonds is 4. The van der Waals surface area contributed by atoms with Crippen LogP contribution in [-0.4, -0.2) is 48.9 Å². The molecular weight excluding hydrogens is 356 g/mol. The van der Waals surface area contributed by atoms with Crippen molar-refractivity contribution < 1.29 is 19.1 Å². The molecule has 6 nitrogen and oxygen atoms in total. The van der Waals surface area contributed by atoms with Crippen molar-refractivity contribution in [2.75, 3.05) is 31.1 Å². The molecule has 0 saturated carbocycles. The first kappa shape index (κ1) is 18.7. The van der Waals surface area contributed by atoms with Gasteiger partial charge in [-0.3, -0.25) is 14.4 Å². The van der Waals surface area contributed by atoms with Gasteiger partial charge < -0.3 is 14.5 Å². The molecule has 1 aromatic rings. The molecule has 2 saturated heterocycles. The van der Waals surface area contributed by atoms with Crippen molar-refractivity contribution in [3.63, 3.8) is 0 Å². The number of carbonyl (C=O) groups is 3. The van der Waals surface area contributed by atoms with E-state index in [1.807, 2.05) is 0 Å². The molecule has 0 N–H and O–H groups in total. The number of nitrogens with zero attached hydrogens (tertiary/aromatic N) is 2. The van der Waals surface area contributed by atoms with E-state index >= 15 is 0 Å². The molecule has 0 aliphatic carbocycles. The lowest BCUT2D eigenvalue weighted by Crippen LogP contribution is -2.42. The molecule has 1 atom stereocenters. The first-order valence-electron chi connectivity index (χ1n) is 9.07. The lowest BCUT2D eigenvalue weighted by atomic mass is 9.97. The molecule has 0 radical (unpaired) electrons. The van der Waals surface area contributed by atoms with E-state index < -0.39 is 0 Å². The van der Waals surface area contributed by atoms with Crippen LogP contribution in [0.3, 0.4) is 0 Å². The van der Waals surface area contributed by atoms with Crippen LogP contribution >= 0.6 is 11.6 Å². The van der Waals surface area contributed by atoms with Gasteiger partial charge in [0.25, 0.3) is 5.91 Å². The fourth-order valence-electron chi connectivity index (χ4n) is 3.55. The van der Waals surface area contributed by atoms with Crippen molar-refractivity contribution >= 4 is 35.1 Å². The van der Waals surface area contributed by atoms with Gasteiger partial charge in [0, 0.05) is 31.6 Å². The average Bonchev–Trinajstić information content (AvgIpc) is 3.07. The number of ether oxygens (including phenoxy) is 1. The van der Waals surface area contributed by atoms with E-state index in [9.17, 15) is 14.4 Å². The van der Waals surface area contributed by atoms with Gasteiger partial charge in [0.05, 0.1) is 23.2 Å². The third kappa shape index (κ3) is 3.85. The normalized spacial score (nSPS) is 20.4. The second kappa shape index (κ2) is 8.08. The SMILES string of the molecule is CCOC(=O)[C@@H]1CCCN(C(=O)c2ccc(Cl)c(N3CCCC3=O)c2)C1. The van der Waals surface area contributed by atoms with Crippen LogP contribution in [0.25, 0.3) is 0 Å². The Morgan fingerprint density at radius 3 is 2.77 bits per heavy atom. The van der Waals surface area contributed by atoms with Crippen molar-refractivity contribution in [2.24, 2.45) is 5.92 Å². The molecule has 7 heteroatoms. The summed E-state index contributed by atoms with van der Waals surface area (Å²) in [6.07, 6.45) is 2.79. The van der Waals surface area contributed by atoms with Gasteiger partial charge in [-0.15, -0.1) is 0 Å². The monoisotopic (exact) mass is 378 g/mol. The zero-order valence-corrected chi connectivity index (χ0v) is 15.6. The fraction of sp³-hybridized carbons (Fsp3) is 0.526. The predicted molar refractivity (Wildman–Crippen MR) is 98.3 cm³/mol. The molecule has 0 aromatic heterocycles. The molecule has 140 valence electrons. The van der Waals surface area contributed by atoms with E-state index in [2.05, 4.69) is 0 Å². The van der Waals surface area contributed by atoms with Gasteiger partial charge in [-0.2, -0.15) is 0 Å². The highest BCUT2D eigenvalue weighted by molar-refractivity contribution is 6.34. The zero-order valence-electron chi connectivity index (χ0n) is 14.9. The van der Waals surface area contributed by atoms with E-state index in [4.69, 9.17) is 16.3 Å². The molecule has 2 aliphatic heterocycles. The minimum absolute atomic E-state index is 0.0249. The molecule has 0 spiro atoms. The molecule has 3 rings (SSSR count). The number of carbonyl (C=O) groups excluding carboxylic acids is 3. The van der Waals surface area contributed by atoms with E-state index in [0.717, 1.165) is 19.3 Å². The van der Waals surface area contributed by atoms with Crippen LogP contribution in [0.2, 0.25) is 5.02 Å². The Morgan fingerprint density at radius 2 is 2.08 bits per heavy atom. The topological polar surface area (TPSA) is 66.9 Å². The predicted octanol–water partition coefficient (Wildman–Crippen LogP) is 2.88. The van der Waals surface area contributed by atoms with Gasteiger partial charge in [-0.25, -0.2) is 0 Å². The number of likely N-dealkylation sites (tertiary alicyclic amines) is 1. The van der Waals surface area contributed by atoms with Gasteiger partial charge in [-0.1, -0.05) is 11.6 Å². The molecule has 2 amide bonds. The lowest BCUT2D eigenvalue weighted by molar-refractivity contribution is -0.149. The highest BCUT2D eigenvalue weighted by Crippen LogP contribution is 2.31. The molecule has 0 bridgehead atoms. The Bertz CT molecular complexity index is 721. The van der Waals surface area contributed by atoms with Crippen molar-refractivity contribution in [3.8, 4) is 0 Å². The summed E-state index contributed by atoms with van der Waals surface area (Å²) >= 11 is 6.25. The highest BCUT2D eigenvalue weighted by atomic mass is 35.5. The fourth-order valence-corrected chi connectivity index (χ4v) is 3.77. The number of hydrogen-bond donors (Lipinski definition) is 0. The van der Waals surface area contributed by atoms with Gasteiger partial charge in [0.1, 0.15) is 0 Å². The Morgan fingerprint density at radius 1 is 1.27 bits per heavy atom. The van der Waals surface area contributed by atoms with Crippen molar-refractivity contribution in [3.05, 3.63) is 28.8 Å². The number of benzene rings is 1. The maximum absolute atomic E-state index is 12.9. The van der Waals surface area contributed by atoms with Crippen molar-refractivity contribution in [2.45, 2.75) is 32.6 Å². The maximum atomic E-state index is 12.9. The minimum Gasteiger partial charge on any atom is -0.466 e. The highest BCUT2D eigenvalue weighted by Gasteiger charge is 2.31. The van der Waals surface area contributed by atoms with E-state index in [-0.39, 0.29) is 23.7 Å². The van der Waals surface area contributed by atoms with E-state index in [1.165, 1.54) is 0 Å². The van der Waals surface area contributed by atoms with Crippen molar-refractivity contribution in [1.29, 1.82) is 0 Å². The van der Waals surface area contributed by atoms with E-state index in [1.54, 1.807) is 34.9 Å². The number of hydrogen-bond acceptors (Lipinski definition) is 4. The zero-order chi connectivity index (χ0) is 18.7. The average molecular weight is 379 g/mol. The summed E-state index contributed by atoms with van der Waals surface area (Å²) in [7, 11) is 0. The molecule has 26 heavy (non-hydrogen) atoms. The molecule has 2 aliphatic rings. The van der Waals surface area contributed by atoms with Crippen LogP contribution in [0.4, 0.5) is 5.69 Å². The first-order chi connectivity index (χ1) is 12.5. The Labute approximate surface area is 158 Å². The van der Waals surface area contributed by atoms with Crippen LogP contribution in [0, 0.1) is 5.92 Å². The number of halogens is 1. The molecule has 1 aromatic carbocycles. The first-order valence-corrected chi connectivity index (χ1v) is 9.45. The number of esters is 1. The van der Waals surface area contributed by atoms with E-state index in [0.29, 0.717) is 48.9 Å². The minimum atomic E-state index is -0.278. The summed E-state index contributed by atoms with van der Waals surface area (Å²) in [5, 5.41) is 0.458. The summed E-state index contributed by atoms with van der Waals surface area (Å²) < 4.78 is 5.09. The van der Waals surface area contributed by atoms with Gasteiger partial charge in [-0.05, 0) is 44.4 Å². The smallest absolute Gasteiger partial charge is 0.310 e. The van der Waals surface area contributed by atoms with Gasteiger partial charge >= 0.3 is 5.97 Å². The van der Waals surface area contributed by atoms with Gasteiger partial charge in [0.2, 0.25) is 5.91 Å². The van der Waals surface area contributed by atoms with Crippen molar-refractivity contribution in [1.82, 2.24) is 4.90 Å². The standard InChI is InChI=1S/C19H23ClN2O4/c1-2-26-19(25)14-5-3-9-21(12-14)18(24)13-7-8-15(20)16(11-13)22-10-4-6-17(22)23/h7-8,11,14H,2-6,9-10,12H2,1H3/t14-/m1/s1. The molecule has 2 heterocycles. The Kier molecular flexibility index (Phi) is 5.81. The second-order valence-electron chi connectivity index (χ2n) is 6.66. The lowest BCUT2D eigenvalue weighted by Gasteiger charge is -2.31. The quantitative estimate of drug-likeness (QED) is 0.755. The second-order valence-corrected chi connectivity index (χ2v) is 7.06. The largest absolute Gasteiger partial charge is 0.466 e.